The quantitative estimate of drug-likeness (QED) is 0.784. The second-order valence-corrected chi connectivity index (χ2v) is 3.84. The SMILES string of the molecule is CCOC(=O)c1nn(-c2ccc(OC)cc2)nc1C. The molecule has 100 valence electrons. The normalized spacial score (nSPS) is 10.3. The van der Waals surface area contributed by atoms with Gasteiger partial charge in [-0.15, -0.1) is 5.10 Å². The van der Waals surface area contributed by atoms with Gasteiger partial charge in [0.15, 0.2) is 5.69 Å². The molecule has 1 aromatic carbocycles. The highest BCUT2D eigenvalue weighted by Gasteiger charge is 2.17. The molecule has 0 amide bonds. The number of aryl methyl sites for hydroxylation is 1. The van der Waals surface area contributed by atoms with Gasteiger partial charge in [-0.3, -0.25) is 0 Å². The van der Waals surface area contributed by atoms with E-state index < -0.39 is 5.97 Å². The van der Waals surface area contributed by atoms with Gasteiger partial charge in [0.05, 0.1) is 25.1 Å². The number of nitrogens with zero attached hydrogens (tertiary/aromatic N) is 3. The Labute approximate surface area is 110 Å². The Kier molecular flexibility index (Phi) is 3.79. The summed E-state index contributed by atoms with van der Waals surface area (Å²) in [5, 5.41) is 8.35. The Morgan fingerprint density at radius 2 is 1.95 bits per heavy atom. The fourth-order valence-corrected chi connectivity index (χ4v) is 1.60. The largest absolute Gasteiger partial charge is 0.497 e. The molecule has 1 aromatic heterocycles. The lowest BCUT2D eigenvalue weighted by atomic mass is 10.3. The van der Waals surface area contributed by atoms with Gasteiger partial charge < -0.3 is 9.47 Å². The van der Waals surface area contributed by atoms with Gasteiger partial charge in [0, 0.05) is 0 Å². The van der Waals surface area contributed by atoms with E-state index in [1.165, 1.54) is 4.80 Å². The van der Waals surface area contributed by atoms with Crippen molar-refractivity contribution < 1.29 is 14.3 Å². The van der Waals surface area contributed by atoms with Crippen molar-refractivity contribution in [2.24, 2.45) is 0 Å². The lowest BCUT2D eigenvalue weighted by Crippen LogP contribution is -2.07. The van der Waals surface area contributed by atoms with E-state index in [2.05, 4.69) is 10.2 Å². The number of ether oxygens (including phenoxy) is 2. The molecule has 1 heterocycles. The molecule has 2 rings (SSSR count). The van der Waals surface area contributed by atoms with Crippen molar-refractivity contribution in [1.29, 1.82) is 0 Å². The van der Waals surface area contributed by atoms with Crippen LogP contribution in [0.2, 0.25) is 0 Å². The maximum absolute atomic E-state index is 11.7. The average Bonchev–Trinajstić information content (AvgIpc) is 2.81. The number of carbonyl (C=O) groups excluding carboxylic acids is 1. The minimum absolute atomic E-state index is 0.234. The van der Waals surface area contributed by atoms with Crippen LogP contribution in [-0.4, -0.2) is 34.7 Å². The second-order valence-electron chi connectivity index (χ2n) is 3.84. The molecular weight excluding hydrogens is 246 g/mol. The highest BCUT2D eigenvalue weighted by Crippen LogP contribution is 2.14. The lowest BCUT2D eigenvalue weighted by molar-refractivity contribution is 0.0518. The third-order valence-electron chi connectivity index (χ3n) is 2.55. The predicted octanol–water partition coefficient (Wildman–Crippen LogP) is 1.76. The molecule has 0 spiro atoms. The molecule has 2 aromatic rings. The van der Waals surface area contributed by atoms with E-state index in [-0.39, 0.29) is 5.69 Å². The van der Waals surface area contributed by atoms with E-state index in [9.17, 15) is 4.79 Å². The van der Waals surface area contributed by atoms with E-state index in [4.69, 9.17) is 9.47 Å². The number of hydrogen-bond acceptors (Lipinski definition) is 5. The van der Waals surface area contributed by atoms with Gasteiger partial charge in [0.1, 0.15) is 5.75 Å². The summed E-state index contributed by atoms with van der Waals surface area (Å²) in [5.74, 6) is 0.290. The third-order valence-corrected chi connectivity index (χ3v) is 2.55. The number of carbonyl (C=O) groups is 1. The summed E-state index contributed by atoms with van der Waals surface area (Å²) >= 11 is 0. The molecule has 0 unspecified atom stereocenters. The number of esters is 1. The summed E-state index contributed by atoms with van der Waals surface area (Å²) in [6, 6.07) is 7.23. The molecule has 0 N–H and O–H groups in total. The maximum atomic E-state index is 11.7. The fourth-order valence-electron chi connectivity index (χ4n) is 1.60. The number of aromatic nitrogens is 3. The smallest absolute Gasteiger partial charge is 0.360 e. The summed E-state index contributed by atoms with van der Waals surface area (Å²) < 4.78 is 10.00. The van der Waals surface area contributed by atoms with Gasteiger partial charge >= 0.3 is 5.97 Å². The van der Waals surface area contributed by atoms with Gasteiger partial charge in [-0.25, -0.2) is 4.79 Å². The fraction of sp³-hybridized carbons (Fsp3) is 0.308. The van der Waals surface area contributed by atoms with Crippen molar-refractivity contribution >= 4 is 5.97 Å². The molecule has 0 saturated carbocycles. The average molecular weight is 261 g/mol. The summed E-state index contributed by atoms with van der Waals surface area (Å²) in [5.41, 5.74) is 1.52. The van der Waals surface area contributed by atoms with Crippen molar-refractivity contribution in [2.75, 3.05) is 13.7 Å². The number of rotatable bonds is 4. The predicted molar refractivity (Wildman–Crippen MR) is 68.6 cm³/mol. The van der Waals surface area contributed by atoms with Crippen molar-refractivity contribution in [2.45, 2.75) is 13.8 Å². The first-order valence-corrected chi connectivity index (χ1v) is 5.91. The molecule has 19 heavy (non-hydrogen) atoms. The lowest BCUT2D eigenvalue weighted by Gasteiger charge is -2.01. The highest BCUT2D eigenvalue weighted by molar-refractivity contribution is 5.88. The molecule has 6 nitrogen and oxygen atoms in total. The summed E-state index contributed by atoms with van der Waals surface area (Å²) in [7, 11) is 1.60. The zero-order valence-corrected chi connectivity index (χ0v) is 11.1. The van der Waals surface area contributed by atoms with Crippen LogP contribution in [0.4, 0.5) is 0 Å². The molecule has 0 radical (unpaired) electrons. The molecule has 0 atom stereocenters. The van der Waals surface area contributed by atoms with E-state index in [0.717, 1.165) is 11.4 Å². The number of benzene rings is 1. The molecule has 6 heteroatoms. The maximum Gasteiger partial charge on any atom is 0.360 e. The van der Waals surface area contributed by atoms with Crippen LogP contribution in [0.5, 0.6) is 5.75 Å². The Bertz CT molecular complexity index is 575. The van der Waals surface area contributed by atoms with E-state index >= 15 is 0 Å². The molecule has 0 aliphatic carbocycles. The van der Waals surface area contributed by atoms with Crippen LogP contribution in [-0.2, 0) is 4.74 Å². The summed E-state index contributed by atoms with van der Waals surface area (Å²) in [6.45, 7) is 3.79. The second kappa shape index (κ2) is 5.51. The number of methoxy groups -OCH3 is 1. The first kappa shape index (κ1) is 13.1. The summed E-state index contributed by atoms with van der Waals surface area (Å²) in [6.07, 6.45) is 0. The van der Waals surface area contributed by atoms with Crippen LogP contribution >= 0.6 is 0 Å². The zero-order valence-electron chi connectivity index (χ0n) is 11.1. The minimum atomic E-state index is -0.459. The Balaban J connectivity index is 2.30. The van der Waals surface area contributed by atoms with E-state index in [0.29, 0.717) is 12.3 Å². The van der Waals surface area contributed by atoms with Crippen molar-refractivity contribution in [3.63, 3.8) is 0 Å². The van der Waals surface area contributed by atoms with Gasteiger partial charge in [-0.05, 0) is 38.1 Å². The molecule has 0 saturated heterocycles. The molecule has 0 aliphatic heterocycles. The molecule has 0 fully saturated rings. The third kappa shape index (κ3) is 2.73. The summed E-state index contributed by atoms with van der Waals surface area (Å²) in [4.78, 5) is 13.1. The molecule has 0 aliphatic rings. The van der Waals surface area contributed by atoms with Crippen LogP contribution in [0.1, 0.15) is 23.1 Å². The monoisotopic (exact) mass is 261 g/mol. The van der Waals surface area contributed by atoms with E-state index in [1.54, 1.807) is 33.1 Å². The van der Waals surface area contributed by atoms with Crippen LogP contribution in [0, 0.1) is 6.92 Å². The molecular formula is C13H15N3O3. The van der Waals surface area contributed by atoms with Gasteiger partial charge in [0.2, 0.25) is 0 Å². The van der Waals surface area contributed by atoms with E-state index in [1.807, 2.05) is 12.1 Å². The van der Waals surface area contributed by atoms with Crippen LogP contribution in [0.15, 0.2) is 24.3 Å². The van der Waals surface area contributed by atoms with Crippen molar-refractivity contribution in [1.82, 2.24) is 15.0 Å². The number of hydrogen-bond donors (Lipinski definition) is 0. The van der Waals surface area contributed by atoms with Gasteiger partial charge in [-0.2, -0.15) is 9.90 Å². The van der Waals surface area contributed by atoms with Crippen molar-refractivity contribution in [3.8, 4) is 11.4 Å². The molecule has 0 bridgehead atoms. The van der Waals surface area contributed by atoms with Crippen molar-refractivity contribution in [3.05, 3.63) is 35.7 Å². The van der Waals surface area contributed by atoms with Gasteiger partial charge in [-0.1, -0.05) is 0 Å². The van der Waals surface area contributed by atoms with Gasteiger partial charge in [0.25, 0.3) is 0 Å². The Morgan fingerprint density at radius 1 is 1.26 bits per heavy atom. The van der Waals surface area contributed by atoms with Crippen LogP contribution in [0.3, 0.4) is 0 Å². The Morgan fingerprint density at radius 3 is 2.53 bits per heavy atom. The highest BCUT2D eigenvalue weighted by atomic mass is 16.5. The minimum Gasteiger partial charge on any atom is -0.497 e. The first-order valence-electron chi connectivity index (χ1n) is 5.91. The zero-order chi connectivity index (χ0) is 13.8. The standard InChI is InChI=1S/C13H15N3O3/c1-4-19-13(17)12-9(2)14-16(15-12)10-5-7-11(18-3)8-6-10/h5-8H,4H2,1-3H3. The topological polar surface area (TPSA) is 66.2 Å². The van der Waals surface area contributed by atoms with Crippen LogP contribution < -0.4 is 4.74 Å². The Hall–Kier alpha value is -2.37. The van der Waals surface area contributed by atoms with Crippen LogP contribution in [0.25, 0.3) is 5.69 Å². The first-order chi connectivity index (χ1) is 9.15.